The molecule has 33 heavy (non-hydrogen) atoms. The number of ether oxygens (including phenoxy) is 1. The molecule has 2 aromatic carbocycles. The highest BCUT2D eigenvalue weighted by molar-refractivity contribution is 7.13. The second-order valence-electron chi connectivity index (χ2n) is 7.55. The predicted octanol–water partition coefficient (Wildman–Crippen LogP) is 4.44. The van der Waals surface area contributed by atoms with Crippen LogP contribution in [0.5, 0.6) is 0 Å². The first-order valence-electron chi connectivity index (χ1n) is 10.5. The molecular formula is C26H22N2O4S. The lowest BCUT2D eigenvalue weighted by Gasteiger charge is -2.16. The molecule has 166 valence electrons. The number of carbonyl (C=O) groups is 3. The first-order chi connectivity index (χ1) is 16.0. The summed E-state index contributed by atoms with van der Waals surface area (Å²) < 4.78 is 5.31. The van der Waals surface area contributed by atoms with Gasteiger partial charge in [-0.2, -0.15) is 0 Å². The fourth-order valence-electron chi connectivity index (χ4n) is 3.49. The van der Waals surface area contributed by atoms with Gasteiger partial charge in [0, 0.05) is 5.39 Å². The number of nitrogens with one attached hydrogen (secondary N) is 1. The minimum atomic E-state index is -0.689. The Bertz CT molecular complexity index is 1290. The van der Waals surface area contributed by atoms with Crippen LogP contribution in [-0.4, -0.2) is 35.3 Å². The van der Waals surface area contributed by atoms with Crippen LogP contribution >= 0.6 is 11.3 Å². The van der Waals surface area contributed by atoms with E-state index in [-0.39, 0.29) is 5.78 Å². The molecule has 0 unspecified atom stereocenters. The van der Waals surface area contributed by atoms with Crippen LogP contribution < -0.4 is 5.32 Å². The minimum Gasteiger partial charge on any atom is -0.452 e. The van der Waals surface area contributed by atoms with E-state index in [9.17, 15) is 14.4 Å². The van der Waals surface area contributed by atoms with Crippen LogP contribution in [0.1, 0.15) is 22.8 Å². The van der Waals surface area contributed by atoms with E-state index in [1.807, 2.05) is 66.0 Å². The normalized spacial score (nSPS) is 11.7. The van der Waals surface area contributed by atoms with Gasteiger partial charge in [-0.3, -0.25) is 9.59 Å². The Morgan fingerprint density at radius 1 is 1.00 bits per heavy atom. The third kappa shape index (κ3) is 5.51. The van der Waals surface area contributed by atoms with Crippen LogP contribution in [-0.2, 0) is 20.7 Å². The summed E-state index contributed by atoms with van der Waals surface area (Å²) in [6, 6.07) is 21.6. The summed E-state index contributed by atoms with van der Waals surface area (Å²) in [6.07, 6.45) is 0.370. The Balaban J connectivity index is 1.47. The Morgan fingerprint density at radius 3 is 2.48 bits per heavy atom. The van der Waals surface area contributed by atoms with Gasteiger partial charge in [-0.15, -0.1) is 11.3 Å². The molecule has 0 aliphatic rings. The van der Waals surface area contributed by atoms with E-state index < -0.39 is 24.5 Å². The zero-order valence-electron chi connectivity index (χ0n) is 18.0. The quantitative estimate of drug-likeness (QED) is 0.395. The summed E-state index contributed by atoms with van der Waals surface area (Å²) in [5.74, 6) is -1.32. The molecule has 7 heteroatoms. The van der Waals surface area contributed by atoms with Gasteiger partial charge in [-0.1, -0.05) is 54.6 Å². The van der Waals surface area contributed by atoms with Crippen molar-refractivity contribution in [2.24, 2.45) is 0 Å². The molecule has 0 radical (unpaired) electrons. The van der Waals surface area contributed by atoms with Crippen molar-refractivity contribution in [1.82, 2.24) is 10.3 Å². The van der Waals surface area contributed by atoms with Crippen molar-refractivity contribution in [3.05, 3.63) is 89.3 Å². The van der Waals surface area contributed by atoms with Gasteiger partial charge >= 0.3 is 5.97 Å². The number of fused-ring (bicyclic) bond motifs is 1. The van der Waals surface area contributed by atoms with Crippen LogP contribution in [0.3, 0.4) is 0 Å². The van der Waals surface area contributed by atoms with Crippen molar-refractivity contribution in [2.75, 3.05) is 6.61 Å². The molecule has 0 saturated heterocycles. The maximum Gasteiger partial charge on any atom is 0.339 e. The molecule has 1 N–H and O–H groups in total. The lowest BCUT2D eigenvalue weighted by Crippen LogP contribution is -2.43. The van der Waals surface area contributed by atoms with Gasteiger partial charge in [-0.25, -0.2) is 9.78 Å². The molecule has 4 aromatic rings. The fraction of sp³-hybridized carbons (Fsp3) is 0.154. The lowest BCUT2D eigenvalue weighted by atomic mass is 10.0. The number of para-hydroxylation sites is 1. The molecule has 0 aliphatic heterocycles. The number of ketones is 1. The minimum absolute atomic E-state index is 0.167. The van der Waals surface area contributed by atoms with Crippen LogP contribution in [0.15, 0.2) is 78.2 Å². The summed E-state index contributed by atoms with van der Waals surface area (Å²) in [6.45, 7) is 0.942. The van der Waals surface area contributed by atoms with Gasteiger partial charge in [0.1, 0.15) is 0 Å². The number of pyridine rings is 1. The number of benzene rings is 2. The number of thiophene rings is 1. The standard InChI is InChI=1S/C26H22N2O4S/c1-17(29)22(14-18-8-3-2-4-9-18)28-25(30)16-32-26(31)20-15-23(24-12-7-13-33-24)27-21-11-6-5-10-19(20)21/h2-13,15,22H,14,16H2,1H3,(H,28,30)/t22-/m1/s1. The van der Waals surface area contributed by atoms with Crippen LogP contribution in [0.4, 0.5) is 0 Å². The number of hydrogen-bond donors (Lipinski definition) is 1. The van der Waals surface area contributed by atoms with E-state index in [0.29, 0.717) is 28.6 Å². The van der Waals surface area contributed by atoms with Gasteiger partial charge in [0.2, 0.25) is 0 Å². The second-order valence-corrected chi connectivity index (χ2v) is 8.49. The van der Waals surface area contributed by atoms with E-state index in [1.165, 1.54) is 18.3 Å². The molecule has 4 rings (SSSR count). The van der Waals surface area contributed by atoms with Gasteiger partial charge in [0.15, 0.2) is 12.4 Å². The van der Waals surface area contributed by atoms with Gasteiger partial charge < -0.3 is 10.1 Å². The molecule has 1 amide bonds. The van der Waals surface area contributed by atoms with Gasteiger partial charge in [-0.05, 0) is 42.5 Å². The summed E-state index contributed by atoms with van der Waals surface area (Å²) >= 11 is 1.52. The van der Waals surface area contributed by atoms with Crippen molar-refractivity contribution in [2.45, 2.75) is 19.4 Å². The van der Waals surface area contributed by atoms with Crippen LogP contribution in [0.25, 0.3) is 21.5 Å². The van der Waals surface area contributed by atoms with Crippen LogP contribution in [0.2, 0.25) is 0 Å². The van der Waals surface area contributed by atoms with E-state index in [2.05, 4.69) is 10.3 Å². The van der Waals surface area contributed by atoms with Crippen molar-refractivity contribution >= 4 is 39.9 Å². The number of Topliss-reactive ketones (excluding diaryl/α,β-unsaturated/α-hetero) is 1. The average Bonchev–Trinajstić information content (AvgIpc) is 3.37. The summed E-state index contributed by atoms with van der Waals surface area (Å²) in [5.41, 5.74) is 2.60. The number of amides is 1. The maximum atomic E-state index is 12.9. The first-order valence-corrected chi connectivity index (χ1v) is 11.3. The molecule has 0 saturated carbocycles. The van der Waals surface area contributed by atoms with E-state index in [0.717, 1.165) is 10.4 Å². The molecule has 0 fully saturated rings. The number of hydrogen-bond acceptors (Lipinski definition) is 6. The van der Waals surface area contributed by atoms with Crippen LogP contribution in [0, 0.1) is 0 Å². The topological polar surface area (TPSA) is 85.4 Å². The predicted molar refractivity (Wildman–Crippen MR) is 128 cm³/mol. The number of esters is 1. The van der Waals surface area contributed by atoms with Gasteiger partial charge in [0.05, 0.1) is 27.7 Å². The summed E-state index contributed by atoms with van der Waals surface area (Å²) in [5, 5.41) is 5.25. The van der Waals surface area contributed by atoms with Crippen molar-refractivity contribution < 1.29 is 19.1 Å². The van der Waals surface area contributed by atoms with Gasteiger partial charge in [0.25, 0.3) is 5.91 Å². The molecular weight excluding hydrogens is 436 g/mol. The fourth-order valence-corrected chi connectivity index (χ4v) is 4.17. The zero-order valence-corrected chi connectivity index (χ0v) is 18.8. The highest BCUT2D eigenvalue weighted by Crippen LogP contribution is 2.28. The van der Waals surface area contributed by atoms with Crippen molar-refractivity contribution in [3.63, 3.8) is 0 Å². The highest BCUT2D eigenvalue weighted by atomic mass is 32.1. The number of aromatic nitrogens is 1. The third-order valence-corrected chi connectivity index (χ3v) is 6.05. The maximum absolute atomic E-state index is 12.9. The number of rotatable bonds is 8. The van der Waals surface area contributed by atoms with Crippen molar-refractivity contribution in [1.29, 1.82) is 0 Å². The van der Waals surface area contributed by atoms with E-state index >= 15 is 0 Å². The Kier molecular flexibility index (Phi) is 6.90. The third-order valence-electron chi connectivity index (χ3n) is 5.15. The molecule has 0 spiro atoms. The Hall–Kier alpha value is -3.84. The number of nitrogens with zero attached hydrogens (tertiary/aromatic N) is 1. The molecule has 1 atom stereocenters. The number of carbonyl (C=O) groups excluding carboxylic acids is 3. The molecule has 2 aromatic heterocycles. The SMILES string of the molecule is CC(=O)[C@@H](Cc1ccccc1)NC(=O)COC(=O)c1cc(-c2cccs2)nc2ccccc12. The molecule has 6 nitrogen and oxygen atoms in total. The molecule has 0 bridgehead atoms. The first kappa shape index (κ1) is 22.4. The van der Waals surface area contributed by atoms with E-state index in [4.69, 9.17) is 4.74 Å². The zero-order chi connectivity index (χ0) is 23.2. The molecule has 0 aliphatic carbocycles. The summed E-state index contributed by atoms with van der Waals surface area (Å²) in [4.78, 5) is 42.9. The smallest absolute Gasteiger partial charge is 0.339 e. The Morgan fingerprint density at radius 2 is 1.76 bits per heavy atom. The second kappa shape index (κ2) is 10.2. The average molecular weight is 459 g/mol. The van der Waals surface area contributed by atoms with E-state index in [1.54, 1.807) is 12.1 Å². The Labute approximate surface area is 195 Å². The molecule has 2 heterocycles. The lowest BCUT2D eigenvalue weighted by molar-refractivity contribution is -0.128. The van der Waals surface area contributed by atoms with Crippen molar-refractivity contribution in [3.8, 4) is 10.6 Å². The monoisotopic (exact) mass is 458 g/mol. The largest absolute Gasteiger partial charge is 0.452 e. The highest BCUT2D eigenvalue weighted by Gasteiger charge is 2.20. The summed E-state index contributed by atoms with van der Waals surface area (Å²) in [7, 11) is 0.